The minimum Gasteiger partial charge on any atom is -0.375 e. The number of hydrogen-bond donors (Lipinski definition) is 1. The first-order valence-electron chi connectivity index (χ1n) is 8.86. The molecule has 1 amide bonds. The number of fused-ring (bicyclic) bond motifs is 1. The van der Waals surface area contributed by atoms with Crippen molar-refractivity contribution in [1.29, 1.82) is 0 Å². The quantitative estimate of drug-likeness (QED) is 0.618. The van der Waals surface area contributed by atoms with Gasteiger partial charge in [0.2, 0.25) is 0 Å². The topological polar surface area (TPSA) is 57.6 Å². The molecule has 0 spiro atoms. The molecule has 1 aromatic heterocycles. The van der Waals surface area contributed by atoms with E-state index in [1.165, 1.54) is 16.2 Å². The normalized spacial score (nSPS) is 18.4. The summed E-state index contributed by atoms with van der Waals surface area (Å²) in [6.07, 6.45) is -0.315. The van der Waals surface area contributed by atoms with Gasteiger partial charge in [-0.2, -0.15) is 0 Å². The molecule has 1 N–H and O–H groups in total. The summed E-state index contributed by atoms with van der Waals surface area (Å²) in [4.78, 5) is 29.1. The Labute approximate surface area is 172 Å². The van der Waals surface area contributed by atoms with Crippen LogP contribution in [0.1, 0.15) is 32.1 Å². The maximum atomic E-state index is 13.3. The number of carbonyl (C=O) groups is 2. The Balaban J connectivity index is 1.72. The molecule has 3 aromatic rings. The molecular weight excluding hydrogens is 394 g/mol. The molecule has 2 aromatic carbocycles. The highest BCUT2D eigenvalue weighted by molar-refractivity contribution is 7.14. The van der Waals surface area contributed by atoms with Crippen molar-refractivity contribution in [3.63, 3.8) is 0 Å². The number of ketones is 1. The fourth-order valence-electron chi connectivity index (χ4n) is 3.52. The molecule has 6 heteroatoms. The fraction of sp³-hybridized carbons (Fsp3) is 0.182. The van der Waals surface area contributed by atoms with E-state index in [9.17, 15) is 14.7 Å². The van der Waals surface area contributed by atoms with E-state index < -0.39 is 11.5 Å². The Hall–Kier alpha value is -2.47. The Morgan fingerprint density at radius 3 is 2.57 bits per heavy atom. The number of halogens is 1. The lowest BCUT2D eigenvalue weighted by Gasteiger charge is -2.22. The third-order valence-corrected chi connectivity index (χ3v) is 6.19. The second-order valence-corrected chi connectivity index (χ2v) is 8.63. The minimum atomic E-state index is -1.93. The van der Waals surface area contributed by atoms with E-state index in [2.05, 4.69) is 0 Å². The summed E-state index contributed by atoms with van der Waals surface area (Å²) in [7, 11) is 0. The first-order valence-corrected chi connectivity index (χ1v) is 10.1. The molecule has 2 heterocycles. The second-order valence-electron chi connectivity index (χ2n) is 6.91. The zero-order valence-electron chi connectivity index (χ0n) is 15.2. The first-order chi connectivity index (χ1) is 13.4. The molecule has 0 bridgehead atoms. The summed E-state index contributed by atoms with van der Waals surface area (Å²) in [6.45, 7) is 2.22. The van der Waals surface area contributed by atoms with Crippen LogP contribution in [0.2, 0.25) is 5.02 Å². The zero-order chi connectivity index (χ0) is 19.9. The second kappa shape index (κ2) is 7.17. The average molecular weight is 412 g/mol. The number of amides is 1. The lowest BCUT2D eigenvalue weighted by Crippen LogP contribution is -2.41. The number of aryl methyl sites for hydroxylation is 1. The highest BCUT2D eigenvalue weighted by atomic mass is 35.5. The highest BCUT2D eigenvalue weighted by Gasteiger charge is 2.51. The molecule has 1 atom stereocenters. The third-order valence-electron chi connectivity index (χ3n) is 4.91. The molecule has 4 rings (SSSR count). The van der Waals surface area contributed by atoms with Gasteiger partial charge >= 0.3 is 0 Å². The van der Waals surface area contributed by atoms with Crippen LogP contribution in [0.25, 0.3) is 0 Å². The van der Waals surface area contributed by atoms with Gasteiger partial charge in [0.15, 0.2) is 11.4 Å². The summed E-state index contributed by atoms with van der Waals surface area (Å²) >= 11 is 7.49. The van der Waals surface area contributed by atoms with E-state index in [4.69, 9.17) is 11.6 Å². The van der Waals surface area contributed by atoms with Gasteiger partial charge in [-0.1, -0.05) is 41.9 Å². The smallest absolute Gasteiger partial charge is 0.264 e. The van der Waals surface area contributed by atoms with Crippen LogP contribution in [0.5, 0.6) is 0 Å². The number of benzene rings is 2. The van der Waals surface area contributed by atoms with Crippen LogP contribution in [0, 0.1) is 6.92 Å². The van der Waals surface area contributed by atoms with E-state index in [1.54, 1.807) is 24.3 Å². The van der Waals surface area contributed by atoms with Gasteiger partial charge in [0.25, 0.3) is 5.91 Å². The predicted octanol–water partition coefficient (Wildman–Crippen LogP) is 4.72. The summed E-state index contributed by atoms with van der Waals surface area (Å²) in [5, 5.41) is 11.8. The largest absolute Gasteiger partial charge is 0.375 e. The molecule has 28 heavy (non-hydrogen) atoms. The van der Waals surface area contributed by atoms with Crippen LogP contribution < -0.4 is 4.90 Å². The van der Waals surface area contributed by atoms with Crippen molar-refractivity contribution in [2.75, 3.05) is 4.90 Å². The zero-order valence-corrected chi connectivity index (χ0v) is 16.8. The van der Waals surface area contributed by atoms with Gasteiger partial charge in [0, 0.05) is 15.5 Å². The van der Waals surface area contributed by atoms with Gasteiger partial charge in [-0.3, -0.25) is 9.59 Å². The number of hydrogen-bond acceptors (Lipinski definition) is 4. The number of aliphatic hydroxyl groups is 1. The standard InChI is InChI=1S/C22H18ClNO3S/c1-14-7-10-20(28-14)19(25)12-22(27)17-11-16(23)8-9-18(17)24(21(22)26)13-15-5-3-2-4-6-15/h2-11,27H,12-13H2,1H3/t22-/m1/s1. The van der Waals surface area contributed by atoms with E-state index in [0.29, 0.717) is 27.7 Å². The van der Waals surface area contributed by atoms with Crippen molar-refractivity contribution < 1.29 is 14.7 Å². The SMILES string of the molecule is Cc1ccc(C(=O)C[C@]2(O)C(=O)N(Cc3ccccc3)c3ccc(Cl)cc32)s1. The van der Waals surface area contributed by atoms with Gasteiger partial charge < -0.3 is 10.0 Å². The monoisotopic (exact) mass is 411 g/mol. The minimum absolute atomic E-state index is 0.263. The van der Waals surface area contributed by atoms with Crippen molar-refractivity contribution in [1.82, 2.24) is 0 Å². The molecule has 0 saturated carbocycles. The lowest BCUT2D eigenvalue weighted by atomic mass is 9.89. The molecule has 0 radical (unpaired) electrons. The van der Waals surface area contributed by atoms with Crippen molar-refractivity contribution >= 4 is 40.3 Å². The lowest BCUT2D eigenvalue weighted by molar-refractivity contribution is -0.136. The molecule has 1 aliphatic heterocycles. The Morgan fingerprint density at radius 1 is 1.14 bits per heavy atom. The van der Waals surface area contributed by atoms with Gasteiger partial charge in [-0.05, 0) is 42.8 Å². The molecule has 0 saturated heterocycles. The Morgan fingerprint density at radius 2 is 1.89 bits per heavy atom. The van der Waals surface area contributed by atoms with Gasteiger partial charge in [-0.25, -0.2) is 0 Å². The van der Waals surface area contributed by atoms with Crippen molar-refractivity contribution in [3.8, 4) is 0 Å². The first kappa shape index (κ1) is 18.9. The van der Waals surface area contributed by atoms with Crippen LogP contribution in [0.4, 0.5) is 5.69 Å². The van der Waals surface area contributed by atoms with Crippen molar-refractivity contribution in [3.05, 3.63) is 86.6 Å². The molecule has 142 valence electrons. The highest BCUT2D eigenvalue weighted by Crippen LogP contribution is 2.45. The molecule has 1 aliphatic rings. The summed E-state index contributed by atoms with van der Waals surface area (Å²) < 4.78 is 0. The average Bonchev–Trinajstić information content (AvgIpc) is 3.19. The maximum Gasteiger partial charge on any atom is 0.264 e. The number of nitrogens with zero attached hydrogens (tertiary/aromatic N) is 1. The number of thiophene rings is 1. The Kier molecular flexibility index (Phi) is 4.83. The van der Waals surface area contributed by atoms with Crippen LogP contribution in [0.15, 0.2) is 60.7 Å². The van der Waals surface area contributed by atoms with Crippen LogP contribution in [-0.2, 0) is 16.9 Å². The van der Waals surface area contributed by atoms with Crippen LogP contribution >= 0.6 is 22.9 Å². The maximum absolute atomic E-state index is 13.3. The summed E-state index contributed by atoms with van der Waals surface area (Å²) in [5.41, 5.74) is -0.0380. The Bertz CT molecular complexity index is 1060. The van der Waals surface area contributed by atoms with Gasteiger partial charge in [0.05, 0.1) is 23.5 Å². The van der Waals surface area contributed by atoms with E-state index >= 15 is 0 Å². The third kappa shape index (κ3) is 3.26. The molecule has 0 unspecified atom stereocenters. The van der Waals surface area contributed by atoms with E-state index in [-0.39, 0.29) is 12.2 Å². The molecular formula is C22H18ClNO3S. The van der Waals surface area contributed by atoms with Crippen molar-refractivity contribution in [2.24, 2.45) is 0 Å². The van der Waals surface area contributed by atoms with Crippen molar-refractivity contribution in [2.45, 2.75) is 25.5 Å². The molecule has 0 aliphatic carbocycles. The van der Waals surface area contributed by atoms with E-state index in [1.807, 2.05) is 43.3 Å². The number of anilines is 1. The number of Topliss-reactive ketones (excluding diaryl/α,β-unsaturated/α-hetero) is 1. The molecule has 0 fully saturated rings. The number of rotatable bonds is 5. The van der Waals surface area contributed by atoms with E-state index in [0.717, 1.165) is 10.4 Å². The van der Waals surface area contributed by atoms with Crippen LogP contribution in [0.3, 0.4) is 0 Å². The fourth-order valence-corrected chi connectivity index (χ4v) is 4.50. The van der Waals surface area contributed by atoms with Crippen LogP contribution in [-0.4, -0.2) is 16.8 Å². The summed E-state index contributed by atoms with van der Waals surface area (Å²) in [5.74, 6) is -0.767. The van der Waals surface area contributed by atoms with Gasteiger partial charge in [0.1, 0.15) is 0 Å². The number of carbonyl (C=O) groups excluding carboxylic acids is 2. The predicted molar refractivity (Wildman–Crippen MR) is 111 cm³/mol. The summed E-state index contributed by atoms with van der Waals surface area (Å²) in [6, 6.07) is 18.1. The molecule has 4 nitrogen and oxygen atoms in total. The van der Waals surface area contributed by atoms with Gasteiger partial charge in [-0.15, -0.1) is 11.3 Å².